The van der Waals surface area contributed by atoms with E-state index in [4.69, 9.17) is 0 Å². The van der Waals surface area contributed by atoms with Gasteiger partial charge in [-0.2, -0.15) is 0 Å². The second-order valence-corrected chi connectivity index (χ2v) is 11.2. The van der Waals surface area contributed by atoms with Gasteiger partial charge in [-0.1, -0.05) is 0 Å². The number of rotatable bonds is 7. The number of sulfonamides is 1. The van der Waals surface area contributed by atoms with Gasteiger partial charge in [-0.3, -0.25) is 9.10 Å². The highest BCUT2D eigenvalue weighted by Gasteiger charge is 2.30. The molecule has 0 unspecified atom stereocenters. The van der Waals surface area contributed by atoms with Crippen LogP contribution in [0, 0.1) is 19.8 Å². The molecule has 3 heterocycles. The van der Waals surface area contributed by atoms with Gasteiger partial charge in [-0.25, -0.2) is 23.4 Å². The number of pyridine rings is 1. The van der Waals surface area contributed by atoms with Crippen LogP contribution in [0.5, 0.6) is 0 Å². The normalized spacial score (nSPS) is 13.7. The number of aromatic amines is 1. The number of amides is 1. The highest BCUT2D eigenvalue weighted by molar-refractivity contribution is 7.92. The van der Waals surface area contributed by atoms with Crippen molar-refractivity contribution >= 4 is 50.0 Å². The SMILES string of the molecule is Cc1nc2c(Nc3ccc(-c4ncc(C)n4C)cc3N(C)S(C)(=O)=O)cc(NC(=O)C3CC3)nc2[nH]1. The Hall–Kier alpha value is -3.93. The van der Waals surface area contributed by atoms with Crippen LogP contribution in [-0.4, -0.2) is 52.1 Å². The topological polar surface area (TPSA) is 138 Å². The summed E-state index contributed by atoms with van der Waals surface area (Å²) in [6.07, 6.45) is 4.69. The summed E-state index contributed by atoms with van der Waals surface area (Å²) in [6.45, 7) is 3.77. The van der Waals surface area contributed by atoms with Gasteiger partial charge in [0.05, 0.1) is 23.3 Å². The number of anilines is 4. The molecule has 0 aliphatic heterocycles. The van der Waals surface area contributed by atoms with Crippen molar-refractivity contribution in [2.75, 3.05) is 28.2 Å². The molecular formula is C24H28N8O3S. The van der Waals surface area contributed by atoms with Crippen LogP contribution in [-0.2, 0) is 21.9 Å². The van der Waals surface area contributed by atoms with Gasteiger partial charge in [0.1, 0.15) is 23.0 Å². The molecule has 1 aromatic carbocycles. The van der Waals surface area contributed by atoms with E-state index in [0.717, 1.165) is 36.2 Å². The van der Waals surface area contributed by atoms with Crippen LogP contribution >= 0.6 is 0 Å². The molecule has 0 saturated heterocycles. The number of carbonyl (C=O) groups is 1. The van der Waals surface area contributed by atoms with E-state index >= 15 is 0 Å². The molecule has 0 bridgehead atoms. The number of aryl methyl sites for hydroxylation is 2. The fourth-order valence-electron chi connectivity index (χ4n) is 3.96. The van der Waals surface area contributed by atoms with Crippen molar-refractivity contribution in [1.82, 2.24) is 24.5 Å². The predicted molar refractivity (Wildman–Crippen MR) is 140 cm³/mol. The molecule has 11 nitrogen and oxygen atoms in total. The Labute approximate surface area is 209 Å². The van der Waals surface area contributed by atoms with Crippen molar-refractivity contribution in [2.45, 2.75) is 26.7 Å². The summed E-state index contributed by atoms with van der Waals surface area (Å²) in [5, 5.41) is 6.21. The fraction of sp³-hybridized carbons (Fsp3) is 0.333. The Kier molecular flexibility index (Phi) is 5.70. The zero-order chi connectivity index (χ0) is 25.8. The number of imidazole rings is 2. The molecule has 1 saturated carbocycles. The molecule has 1 fully saturated rings. The van der Waals surface area contributed by atoms with Gasteiger partial charge in [0.25, 0.3) is 0 Å². The van der Waals surface area contributed by atoms with Crippen molar-refractivity contribution < 1.29 is 13.2 Å². The van der Waals surface area contributed by atoms with Crippen LogP contribution in [0.3, 0.4) is 0 Å². The van der Waals surface area contributed by atoms with Crippen LogP contribution in [0.25, 0.3) is 22.6 Å². The largest absolute Gasteiger partial charge is 0.352 e. The molecule has 3 N–H and O–H groups in total. The molecule has 12 heteroatoms. The van der Waals surface area contributed by atoms with Gasteiger partial charge in [0.15, 0.2) is 5.65 Å². The summed E-state index contributed by atoms with van der Waals surface area (Å²) in [5.74, 6) is 1.75. The summed E-state index contributed by atoms with van der Waals surface area (Å²) >= 11 is 0. The van der Waals surface area contributed by atoms with Crippen molar-refractivity contribution in [3.63, 3.8) is 0 Å². The van der Waals surface area contributed by atoms with E-state index in [9.17, 15) is 13.2 Å². The summed E-state index contributed by atoms with van der Waals surface area (Å²) in [5.41, 5.74) is 4.42. The average molecular weight is 509 g/mol. The first kappa shape index (κ1) is 23.8. The van der Waals surface area contributed by atoms with Crippen molar-refractivity contribution in [3.8, 4) is 11.4 Å². The minimum Gasteiger partial charge on any atom is -0.352 e. The fourth-order valence-corrected chi connectivity index (χ4v) is 4.47. The van der Waals surface area contributed by atoms with Crippen LogP contribution in [0.4, 0.5) is 22.9 Å². The van der Waals surface area contributed by atoms with Gasteiger partial charge in [-0.05, 0) is 44.9 Å². The number of fused-ring (bicyclic) bond motifs is 1. The first-order valence-electron chi connectivity index (χ1n) is 11.5. The van der Waals surface area contributed by atoms with Crippen molar-refractivity contribution in [2.24, 2.45) is 13.0 Å². The minimum atomic E-state index is -3.56. The number of nitrogens with one attached hydrogen (secondary N) is 3. The Morgan fingerprint density at radius 3 is 2.56 bits per heavy atom. The summed E-state index contributed by atoms with van der Waals surface area (Å²) < 4.78 is 28.2. The van der Waals surface area contributed by atoms with Crippen LogP contribution < -0.4 is 14.9 Å². The Bertz CT molecular complexity index is 1600. The monoisotopic (exact) mass is 508 g/mol. The van der Waals surface area contributed by atoms with Gasteiger partial charge < -0.3 is 20.2 Å². The lowest BCUT2D eigenvalue weighted by atomic mass is 10.1. The van der Waals surface area contributed by atoms with Gasteiger partial charge in [0, 0.05) is 43.5 Å². The lowest BCUT2D eigenvalue weighted by Crippen LogP contribution is -2.25. The summed E-state index contributed by atoms with van der Waals surface area (Å²) in [6, 6.07) is 7.19. The van der Waals surface area contributed by atoms with E-state index in [1.165, 1.54) is 11.4 Å². The van der Waals surface area contributed by atoms with Gasteiger partial charge >= 0.3 is 0 Å². The highest BCUT2D eigenvalue weighted by Crippen LogP contribution is 2.36. The second kappa shape index (κ2) is 8.63. The third kappa shape index (κ3) is 4.51. The molecule has 1 amide bonds. The number of hydrogen-bond donors (Lipinski definition) is 3. The maximum Gasteiger partial charge on any atom is 0.232 e. The minimum absolute atomic E-state index is 0.0275. The number of nitrogens with zero attached hydrogens (tertiary/aromatic N) is 5. The van der Waals surface area contributed by atoms with Crippen LogP contribution in [0.1, 0.15) is 24.4 Å². The maximum atomic E-state index is 12.5. The quantitative estimate of drug-likeness (QED) is 0.347. The molecule has 188 valence electrons. The first-order chi connectivity index (χ1) is 17.0. The number of hydrogen-bond acceptors (Lipinski definition) is 7. The van der Waals surface area contributed by atoms with E-state index in [0.29, 0.717) is 39.9 Å². The predicted octanol–water partition coefficient (Wildman–Crippen LogP) is 3.46. The Balaban J connectivity index is 1.60. The van der Waals surface area contributed by atoms with Crippen molar-refractivity contribution in [3.05, 3.63) is 42.0 Å². The third-order valence-electron chi connectivity index (χ3n) is 6.35. The molecule has 0 spiro atoms. The van der Waals surface area contributed by atoms with E-state index < -0.39 is 10.0 Å². The number of benzene rings is 1. The average Bonchev–Trinajstić information content (AvgIpc) is 3.52. The molecule has 4 aromatic rings. The number of H-pyrrole nitrogens is 1. The second-order valence-electron chi connectivity index (χ2n) is 9.21. The third-order valence-corrected chi connectivity index (χ3v) is 7.55. The lowest BCUT2D eigenvalue weighted by molar-refractivity contribution is -0.117. The highest BCUT2D eigenvalue weighted by atomic mass is 32.2. The van der Waals surface area contributed by atoms with Crippen LogP contribution in [0.15, 0.2) is 30.5 Å². The molecule has 36 heavy (non-hydrogen) atoms. The number of carbonyl (C=O) groups excluding carboxylic acids is 1. The van der Waals surface area contributed by atoms with E-state index in [1.54, 1.807) is 18.3 Å². The molecule has 1 aliphatic rings. The number of aromatic nitrogens is 5. The smallest absolute Gasteiger partial charge is 0.232 e. The van der Waals surface area contributed by atoms with E-state index in [-0.39, 0.29) is 11.8 Å². The molecule has 0 atom stereocenters. The molecule has 3 aromatic heterocycles. The van der Waals surface area contributed by atoms with E-state index in [1.807, 2.05) is 37.6 Å². The maximum absolute atomic E-state index is 12.5. The molecule has 0 radical (unpaired) electrons. The summed E-state index contributed by atoms with van der Waals surface area (Å²) in [7, 11) is -0.148. The first-order valence-corrected chi connectivity index (χ1v) is 13.4. The lowest BCUT2D eigenvalue weighted by Gasteiger charge is -2.22. The Morgan fingerprint density at radius 2 is 1.92 bits per heavy atom. The zero-order valence-corrected chi connectivity index (χ0v) is 21.6. The zero-order valence-electron chi connectivity index (χ0n) is 20.7. The Morgan fingerprint density at radius 1 is 1.17 bits per heavy atom. The molecule has 5 rings (SSSR count). The molecule has 1 aliphatic carbocycles. The summed E-state index contributed by atoms with van der Waals surface area (Å²) in [4.78, 5) is 29.0. The standard InChI is InChI=1S/C24H28N8O3S/c1-13-12-25-23(31(13)3)16-8-9-17(19(10-16)32(4)36(5,34)35)28-18-11-20(30-24(33)15-6-7-15)29-22-21(18)26-14(2)27-22/h8-12,15H,6-7H2,1-5H3,(H3,26,27,28,29,30,33). The van der Waals surface area contributed by atoms with Crippen LogP contribution in [0.2, 0.25) is 0 Å². The molecular weight excluding hydrogens is 480 g/mol. The van der Waals surface area contributed by atoms with E-state index in [2.05, 4.69) is 30.6 Å². The van der Waals surface area contributed by atoms with Gasteiger partial charge in [0.2, 0.25) is 15.9 Å². The van der Waals surface area contributed by atoms with Gasteiger partial charge in [-0.15, -0.1) is 0 Å². The van der Waals surface area contributed by atoms with Crippen molar-refractivity contribution in [1.29, 1.82) is 0 Å².